The number of rotatable bonds is 8. The van der Waals surface area contributed by atoms with Crippen LogP contribution in [0.25, 0.3) is 0 Å². The van der Waals surface area contributed by atoms with E-state index in [4.69, 9.17) is 0 Å². The summed E-state index contributed by atoms with van der Waals surface area (Å²) in [6, 6.07) is 0.288. The van der Waals surface area contributed by atoms with Crippen molar-refractivity contribution in [3.63, 3.8) is 0 Å². The van der Waals surface area contributed by atoms with Crippen LogP contribution in [0.4, 0.5) is 0 Å². The Labute approximate surface area is 165 Å². The van der Waals surface area contributed by atoms with E-state index in [0.29, 0.717) is 25.4 Å². The normalized spacial score (nSPS) is 17.6. The third-order valence-electron chi connectivity index (χ3n) is 4.59. The van der Waals surface area contributed by atoms with Gasteiger partial charge in [-0.2, -0.15) is 0 Å². The van der Waals surface area contributed by atoms with E-state index >= 15 is 0 Å². The van der Waals surface area contributed by atoms with Gasteiger partial charge >= 0.3 is 0 Å². The van der Waals surface area contributed by atoms with Gasteiger partial charge in [0, 0.05) is 32.7 Å². The highest BCUT2D eigenvalue weighted by molar-refractivity contribution is 14.0. The Balaban J connectivity index is 0.00000529. The summed E-state index contributed by atoms with van der Waals surface area (Å²) in [5.74, 6) is 1.74. The molecule has 0 atom stereocenters. The molecule has 0 aliphatic carbocycles. The van der Waals surface area contributed by atoms with Crippen LogP contribution >= 0.6 is 24.0 Å². The van der Waals surface area contributed by atoms with E-state index in [1.807, 2.05) is 6.92 Å². The molecule has 0 aromatic carbocycles. The SMILES string of the molecule is CCCS(=O)(=O)N1CCC(NC(=NC)NCC(CC)CC)CC1.I. The van der Waals surface area contributed by atoms with Crippen LogP contribution in [0.5, 0.6) is 0 Å². The summed E-state index contributed by atoms with van der Waals surface area (Å²) in [6.07, 6.45) is 4.65. The van der Waals surface area contributed by atoms with Gasteiger partial charge in [0.2, 0.25) is 10.0 Å². The minimum atomic E-state index is -3.06. The van der Waals surface area contributed by atoms with Crippen molar-refractivity contribution >= 4 is 40.0 Å². The Morgan fingerprint density at radius 1 is 1.21 bits per heavy atom. The van der Waals surface area contributed by atoms with E-state index in [0.717, 1.165) is 38.2 Å². The number of halogens is 1. The maximum atomic E-state index is 12.1. The van der Waals surface area contributed by atoms with Gasteiger partial charge in [0.1, 0.15) is 0 Å². The smallest absolute Gasteiger partial charge is 0.214 e. The molecule has 0 radical (unpaired) electrons. The molecule has 1 fully saturated rings. The zero-order valence-corrected chi connectivity index (χ0v) is 18.7. The molecule has 0 aromatic rings. The Bertz CT molecular complexity index is 459. The van der Waals surface area contributed by atoms with Gasteiger partial charge in [-0.1, -0.05) is 33.6 Å². The van der Waals surface area contributed by atoms with E-state index in [2.05, 4.69) is 29.5 Å². The average molecular weight is 474 g/mol. The fraction of sp³-hybridized carbons (Fsp3) is 0.938. The molecule has 0 saturated carbocycles. The summed E-state index contributed by atoms with van der Waals surface area (Å²) in [6.45, 7) is 8.45. The lowest BCUT2D eigenvalue weighted by Crippen LogP contribution is -2.50. The van der Waals surface area contributed by atoms with Gasteiger partial charge in [-0.15, -0.1) is 24.0 Å². The highest BCUT2D eigenvalue weighted by atomic mass is 127. The van der Waals surface area contributed by atoms with Crippen molar-refractivity contribution in [1.29, 1.82) is 0 Å². The zero-order chi connectivity index (χ0) is 17.3. The van der Waals surface area contributed by atoms with Crippen molar-refractivity contribution in [1.82, 2.24) is 14.9 Å². The number of hydrogen-bond donors (Lipinski definition) is 2. The van der Waals surface area contributed by atoms with Crippen molar-refractivity contribution in [2.75, 3.05) is 32.4 Å². The average Bonchev–Trinajstić information content (AvgIpc) is 2.55. The van der Waals surface area contributed by atoms with E-state index in [1.54, 1.807) is 11.4 Å². The van der Waals surface area contributed by atoms with Crippen molar-refractivity contribution in [2.45, 2.75) is 58.9 Å². The van der Waals surface area contributed by atoms with Crippen LogP contribution in [0.3, 0.4) is 0 Å². The second-order valence-electron chi connectivity index (χ2n) is 6.27. The largest absolute Gasteiger partial charge is 0.356 e. The summed E-state index contributed by atoms with van der Waals surface area (Å²) >= 11 is 0. The molecule has 6 nitrogen and oxygen atoms in total. The molecule has 0 unspecified atom stereocenters. The third kappa shape index (κ3) is 7.86. The van der Waals surface area contributed by atoms with Crippen molar-refractivity contribution in [3.05, 3.63) is 0 Å². The fourth-order valence-corrected chi connectivity index (χ4v) is 4.41. The van der Waals surface area contributed by atoms with E-state index < -0.39 is 10.0 Å². The van der Waals surface area contributed by atoms with Crippen LogP contribution in [0.15, 0.2) is 4.99 Å². The molecule has 24 heavy (non-hydrogen) atoms. The first kappa shape index (κ1) is 23.9. The lowest BCUT2D eigenvalue weighted by Gasteiger charge is -2.32. The second kappa shape index (κ2) is 12.3. The van der Waals surface area contributed by atoms with Crippen LogP contribution in [0.2, 0.25) is 0 Å². The molecule has 1 aliphatic rings. The van der Waals surface area contributed by atoms with Crippen molar-refractivity contribution < 1.29 is 8.42 Å². The first-order valence-corrected chi connectivity index (χ1v) is 10.5. The summed E-state index contributed by atoms with van der Waals surface area (Å²) in [5, 5.41) is 6.82. The number of piperidine rings is 1. The molecule has 0 aromatic heterocycles. The highest BCUT2D eigenvalue weighted by Crippen LogP contribution is 2.15. The number of aliphatic imine (C=N–C) groups is 1. The molecule has 8 heteroatoms. The quantitative estimate of drug-likeness (QED) is 0.322. The predicted molar refractivity (Wildman–Crippen MR) is 113 cm³/mol. The van der Waals surface area contributed by atoms with E-state index in [-0.39, 0.29) is 35.8 Å². The van der Waals surface area contributed by atoms with Gasteiger partial charge in [0.25, 0.3) is 0 Å². The summed E-state index contributed by atoms with van der Waals surface area (Å²) in [4.78, 5) is 4.28. The number of guanidine groups is 1. The number of hydrogen-bond acceptors (Lipinski definition) is 3. The predicted octanol–water partition coefficient (Wildman–Crippen LogP) is 2.41. The summed E-state index contributed by atoms with van der Waals surface area (Å²) in [7, 11) is -1.28. The van der Waals surface area contributed by atoms with Crippen LogP contribution in [0.1, 0.15) is 52.9 Å². The van der Waals surface area contributed by atoms with Crippen molar-refractivity contribution in [3.8, 4) is 0 Å². The molecule has 144 valence electrons. The van der Waals surface area contributed by atoms with Gasteiger partial charge in [-0.3, -0.25) is 4.99 Å². The first-order valence-electron chi connectivity index (χ1n) is 8.91. The van der Waals surface area contributed by atoms with Gasteiger partial charge in [0.15, 0.2) is 5.96 Å². The fourth-order valence-electron chi connectivity index (χ4n) is 2.87. The molecule has 1 aliphatic heterocycles. The summed E-state index contributed by atoms with van der Waals surface area (Å²) in [5.41, 5.74) is 0. The number of sulfonamides is 1. The maximum Gasteiger partial charge on any atom is 0.214 e. The van der Waals surface area contributed by atoms with Crippen LogP contribution in [-0.2, 0) is 10.0 Å². The Morgan fingerprint density at radius 3 is 2.25 bits per heavy atom. The second-order valence-corrected chi connectivity index (χ2v) is 8.36. The maximum absolute atomic E-state index is 12.1. The minimum Gasteiger partial charge on any atom is -0.356 e. The molecular formula is C16H35IN4O2S. The van der Waals surface area contributed by atoms with Crippen molar-refractivity contribution in [2.24, 2.45) is 10.9 Å². The van der Waals surface area contributed by atoms with Gasteiger partial charge < -0.3 is 10.6 Å². The van der Waals surface area contributed by atoms with Crippen LogP contribution in [-0.4, -0.2) is 57.2 Å². The molecule has 1 rings (SSSR count). The highest BCUT2D eigenvalue weighted by Gasteiger charge is 2.27. The summed E-state index contributed by atoms with van der Waals surface area (Å²) < 4.78 is 25.8. The van der Waals surface area contributed by atoms with Gasteiger partial charge in [-0.25, -0.2) is 12.7 Å². The molecule has 1 heterocycles. The van der Waals surface area contributed by atoms with E-state index in [1.165, 1.54) is 0 Å². The minimum absolute atomic E-state index is 0. The molecule has 2 N–H and O–H groups in total. The standard InChI is InChI=1S/C16H34N4O2S.HI/c1-5-12-23(21,22)20-10-8-15(9-11-20)19-16(17-4)18-13-14(6-2)7-3;/h14-15H,5-13H2,1-4H3,(H2,17,18,19);1H. The molecular weight excluding hydrogens is 439 g/mol. The molecule has 0 spiro atoms. The van der Waals surface area contributed by atoms with Crippen LogP contribution in [0, 0.1) is 5.92 Å². The lowest BCUT2D eigenvalue weighted by atomic mass is 10.0. The topological polar surface area (TPSA) is 73.8 Å². The Kier molecular flexibility index (Phi) is 12.2. The lowest BCUT2D eigenvalue weighted by molar-refractivity contribution is 0.305. The molecule has 0 amide bonds. The molecule has 0 bridgehead atoms. The zero-order valence-electron chi connectivity index (χ0n) is 15.5. The third-order valence-corrected chi connectivity index (χ3v) is 6.66. The molecule has 1 saturated heterocycles. The Morgan fingerprint density at radius 2 is 1.79 bits per heavy atom. The first-order chi connectivity index (χ1) is 11.0. The monoisotopic (exact) mass is 474 g/mol. The van der Waals surface area contributed by atoms with Crippen LogP contribution < -0.4 is 10.6 Å². The number of nitrogens with one attached hydrogen (secondary N) is 2. The Hall–Kier alpha value is -0.0900. The van der Waals surface area contributed by atoms with Gasteiger partial charge in [0.05, 0.1) is 5.75 Å². The number of nitrogens with zero attached hydrogens (tertiary/aromatic N) is 2. The van der Waals surface area contributed by atoms with Gasteiger partial charge in [-0.05, 0) is 25.2 Å². The van der Waals surface area contributed by atoms with E-state index in [9.17, 15) is 8.42 Å².